The molecule has 0 unspecified atom stereocenters. The molecule has 1 heterocycles. The van der Waals surface area contributed by atoms with Gasteiger partial charge in [0.25, 0.3) is 0 Å². The maximum absolute atomic E-state index is 12.7. The molecule has 0 saturated carbocycles. The van der Waals surface area contributed by atoms with Gasteiger partial charge in [-0.2, -0.15) is 4.31 Å². The van der Waals surface area contributed by atoms with E-state index >= 15 is 0 Å². The summed E-state index contributed by atoms with van der Waals surface area (Å²) in [6.45, 7) is 1.52. The standard InChI is InChI=1S/C18H21N2O2S/c19-14-15-6-8-18(9-7-15)23(21,22)20-12-10-17(11-13-20)16-4-2-1-3-5-16/h1-4,6-9,17H,10-14,19H2. The molecule has 5 heteroatoms. The van der Waals surface area contributed by atoms with Crippen LogP contribution in [0.3, 0.4) is 0 Å². The maximum Gasteiger partial charge on any atom is 0.243 e. The quantitative estimate of drug-likeness (QED) is 0.937. The number of hydrogen-bond donors (Lipinski definition) is 1. The van der Waals surface area contributed by atoms with Gasteiger partial charge in [0, 0.05) is 19.6 Å². The van der Waals surface area contributed by atoms with Gasteiger partial charge in [-0.1, -0.05) is 36.4 Å². The molecule has 2 aromatic carbocycles. The lowest BCUT2D eigenvalue weighted by Gasteiger charge is -2.31. The second kappa shape index (κ2) is 6.83. The zero-order valence-corrected chi connectivity index (χ0v) is 13.8. The molecule has 1 aliphatic rings. The molecule has 0 spiro atoms. The minimum atomic E-state index is -3.41. The topological polar surface area (TPSA) is 63.4 Å². The Morgan fingerprint density at radius 3 is 2.35 bits per heavy atom. The van der Waals surface area contributed by atoms with E-state index in [1.54, 1.807) is 28.6 Å². The summed E-state index contributed by atoms with van der Waals surface area (Å²) in [6, 6.07) is 18.0. The highest BCUT2D eigenvalue weighted by Gasteiger charge is 2.29. The van der Waals surface area contributed by atoms with Gasteiger partial charge in [-0.05, 0) is 48.1 Å². The Labute approximate surface area is 138 Å². The van der Waals surface area contributed by atoms with Crippen molar-refractivity contribution < 1.29 is 8.42 Å². The Morgan fingerprint density at radius 1 is 1.09 bits per heavy atom. The lowest BCUT2D eigenvalue weighted by Crippen LogP contribution is -2.37. The first-order chi connectivity index (χ1) is 11.1. The summed E-state index contributed by atoms with van der Waals surface area (Å²) in [5.41, 5.74) is 7.67. The van der Waals surface area contributed by atoms with Crippen molar-refractivity contribution in [2.75, 3.05) is 13.1 Å². The Balaban J connectivity index is 1.70. The number of benzene rings is 2. The maximum atomic E-state index is 12.7. The first-order valence-corrected chi connectivity index (χ1v) is 9.31. The molecule has 1 radical (unpaired) electrons. The molecule has 0 atom stereocenters. The molecule has 0 aromatic heterocycles. The monoisotopic (exact) mass is 329 g/mol. The van der Waals surface area contributed by atoms with Crippen molar-refractivity contribution >= 4 is 10.0 Å². The molecule has 3 rings (SSSR count). The lowest BCUT2D eigenvalue weighted by atomic mass is 9.90. The number of piperidine rings is 1. The fourth-order valence-corrected chi connectivity index (χ4v) is 4.48. The third-order valence-electron chi connectivity index (χ3n) is 4.42. The number of nitrogens with zero attached hydrogens (tertiary/aromatic N) is 1. The van der Waals surface area contributed by atoms with Gasteiger partial charge in [0.2, 0.25) is 10.0 Å². The van der Waals surface area contributed by atoms with Gasteiger partial charge in [0.05, 0.1) is 4.90 Å². The number of nitrogens with two attached hydrogens (primary N) is 1. The zero-order chi connectivity index (χ0) is 16.3. The molecule has 4 nitrogen and oxygen atoms in total. The summed E-state index contributed by atoms with van der Waals surface area (Å²) in [7, 11) is -3.41. The summed E-state index contributed by atoms with van der Waals surface area (Å²) in [5.74, 6) is 0.391. The van der Waals surface area contributed by atoms with Crippen molar-refractivity contribution in [2.45, 2.75) is 30.2 Å². The van der Waals surface area contributed by atoms with Crippen LogP contribution in [0.5, 0.6) is 0 Å². The molecule has 1 aliphatic heterocycles. The fourth-order valence-electron chi connectivity index (χ4n) is 3.01. The Kier molecular flexibility index (Phi) is 4.80. The molecule has 1 saturated heterocycles. The van der Waals surface area contributed by atoms with Crippen LogP contribution >= 0.6 is 0 Å². The van der Waals surface area contributed by atoms with E-state index < -0.39 is 10.0 Å². The minimum absolute atomic E-state index is 0.347. The number of hydrogen-bond acceptors (Lipinski definition) is 3. The van der Waals surface area contributed by atoms with Gasteiger partial charge in [0.1, 0.15) is 0 Å². The Bertz CT molecular complexity index is 734. The van der Waals surface area contributed by atoms with E-state index in [4.69, 9.17) is 5.73 Å². The average molecular weight is 329 g/mol. The predicted molar refractivity (Wildman–Crippen MR) is 90.3 cm³/mol. The zero-order valence-electron chi connectivity index (χ0n) is 13.0. The van der Waals surface area contributed by atoms with Crippen LogP contribution in [-0.2, 0) is 16.6 Å². The average Bonchev–Trinajstić information content (AvgIpc) is 2.62. The molecule has 0 amide bonds. The van der Waals surface area contributed by atoms with Crippen LogP contribution in [0.2, 0.25) is 0 Å². The van der Waals surface area contributed by atoms with Crippen molar-refractivity contribution in [2.24, 2.45) is 5.73 Å². The summed E-state index contributed by atoms with van der Waals surface area (Å²) in [6.07, 6.45) is 1.67. The largest absolute Gasteiger partial charge is 0.326 e. The summed E-state index contributed by atoms with van der Waals surface area (Å²) < 4.78 is 27.0. The van der Waals surface area contributed by atoms with Gasteiger partial charge in [-0.15, -0.1) is 0 Å². The first kappa shape index (κ1) is 16.2. The van der Waals surface area contributed by atoms with Crippen molar-refractivity contribution in [1.29, 1.82) is 0 Å². The van der Waals surface area contributed by atoms with Gasteiger partial charge in [0.15, 0.2) is 0 Å². The number of sulfonamides is 1. The van der Waals surface area contributed by atoms with E-state index in [0.717, 1.165) is 18.4 Å². The molecule has 0 aliphatic carbocycles. The molecular formula is C18H21N2O2S. The summed E-state index contributed by atoms with van der Waals surface area (Å²) in [5, 5.41) is 0. The third-order valence-corrected chi connectivity index (χ3v) is 6.34. The van der Waals surface area contributed by atoms with E-state index in [9.17, 15) is 8.42 Å². The van der Waals surface area contributed by atoms with Gasteiger partial charge >= 0.3 is 0 Å². The number of rotatable bonds is 4. The molecule has 1 fully saturated rings. The second-order valence-electron chi connectivity index (χ2n) is 5.84. The van der Waals surface area contributed by atoms with Crippen molar-refractivity contribution in [1.82, 2.24) is 4.31 Å². The van der Waals surface area contributed by atoms with E-state index in [0.29, 0.717) is 30.4 Å². The summed E-state index contributed by atoms with van der Waals surface area (Å²) in [4.78, 5) is 0.347. The van der Waals surface area contributed by atoms with Crippen molar-refractivity contribution in [3.63, 3.8) is 0 Å². The summed E-state index contributed by atoms with van der Waals surface area (Å²) >= 11 is 0. The molecular weight excluding hydrogens is 308 g/mol. The molecule has 2 N–H and O–H groups in total. The smallest absolute Gasteiger partial charge is 0.243 e. The molecule has 0 bridgehead atoms. The van der Waals surface area contributed by atoms with E-state index in [1.807, 2.05) is 18.2 Å². The van der Waals surface area contributed by atoms with Crippen molar-refractivity contribution in [3.8, 4) is 0 Å². The first-order valence-electron chi connectivity index (χ1n) is 7.87. The molecule has 23 heavy (non-hydrogen) atoms. The molecule has 2 aromatic rings. The second-order valence-corrected chi connectivity index (χ2v) is 7.78. The van der Waals surface area contributed by atoms with Gasteiger partial charge < -0.3 is 5.73 Å². The Morgan fingerprint density at radius 2 is 1.78 bits per heavy atom. The van der Waals surface area contributed by atoms with Crippen LogP contribution in [-0.4, -0.2) is 25.8 Å². The van der Waals surface area contributed by atoms with Crippen LogP contribution in [0.1, 0.15) is 29.9 Å². The van der Waals surface area contributed by atoms with Crippen LogP contribution in [0, 0.1) is 6.07 Å². The van der Waals surface area contributed by atoms with E-state index in [1.165, 1.54) is 5.56 Å². The van der Waals surface area contributed by atoms with E-state index in [2.05, 4.69) is 12.1 Å². The van der Waals surface area contributed by atoms with Crippen LogP contribution in [0.4, 0.5) is 0 Å². The Hall–Kier alpha value is -1.69. The molecule has 121 valence electrons. The van der Waals surface area contributed by atoms with Gasteiger partial charge in [-0.3, -0.25) is 0 Å². The van der Waals surface area contributed by atoms with E-state index in [-0.39, 0.29) is 0 Å². The normalized spacial score (nSPS) is 17.3. The predicted octanol–water partition coefficient (Wildman–Crippen LogP) is 2.51. The SMILES string of the molecule is NCc1ccc(S(=O)(=O)N2CCC(c3[c]cccc3)CC2)cc1. The van der Waals surface area contributed by atoms with Crippen LogP contribution in [0.15, 0.2) is 53.4 Å². The fraction of sp³-hybridized carbons (Fsp3) is 0.333. The van der Waals surface area contributed by atoms with Crippen LogP contribution in [0.25, 0.3) is 0 Å². The van der Waals surface area contributed by atoms with Gasteiger partial charge in [-0.25, -0.2) is 8.42 Å². The highest BCUT2D eigenvalue weighted by Crippen LogP contribution is 2.30. The van der Waals surface area contributed by atoms with Crippen molar-refractivity contribution in [3.05, 3.63) is 65.7 Å². The lowest BCUT2D eigenvalue weighted by molar-refractivity contribution is 0.319. The third kappa shape index (κ3) is 3.47. The highest BCUT2D eigenvalue weighted by atomic mass is 32.2. The minimum Gasteiger partial charge on any atom is -0.326 e. The van der Waals surface area contributed by atoms with Crippen LogP contribution < -0.4 is 5.73 Å². The highest BCUT2D eigenvalue weighted by molar-refractivity contribution is 7.89.